The Balaban J connectivity index is 1.49. The first-order valence-electron chi connectivity index (χ1n) is 9.97. The molecule has 7 heteroatoms. The molecule has 2 fully saturated rings. The summed E-state index contributed by atoms with van der Waals surface area (Å²) in [6.07, 6.45) is 5.66. The van der Waals surface area contributed by atoms with Gasteiger partial charge in [-0.05, 0) is 37.7 Å². The molecule has 0 spiro atoms. The minimum absolute atomic E-state index is 0.239. The number of thioether (sulfide) groups is 1. The third kappa shape index (κ3) is 4.65. The van der Waals surface area contributed by atoms with Crippen molar-refractivity contribution in [3.63, 3.8) is 0 Å². The summed E-state index contributed by atoms with van der Waals surface area (Å²) in [6.45, 7) is 3.73. The molecular formula is C20H28N4O2S. The fourth-order valence-electron chi connectivity index (χ4n) is 3.79. The molecule has 1 aromatic heterocycles. The first kappa shape index (κ1) is 18.8. The zero-order valence-corrected chi connectivity index (χ0v) is 16.5. The summed E-state index contributed by atoms with van der Waals surface area (Å²) < 4.78 is 8.08. The molecule has 2 saturated heterocycles. The Kier molecular flexibility index (Phi) is 6.32. The molecule has 0 bridgehead atoms. The molecule has 0 radical (unpaired) electrons. The molecule has 4 rings (SSSR count). The second-order valence-electron chi connectivity index (χ2n) is 7.31. The largest absolute Gasteiger partial charge is 0.388 e. The van der Waals surface area contributed by atoms with E-state index in [0.717, 1.165) is 55.8 Å². The van der Waals surface area contributed by atoms with E-state index in [-0.39, 0.29) is 6.10 Å². The molecule has 2 aromatic rings. The molecule has 2 aliphatic rings. The summed E-state index contributed by atoms with van der Waals surface area (Å²) in [5, 5.41) is 20.4. The van der Waals surface area contributed by atoms with Crippen LogP contribution < -0.4 is 4.90 Å². The highest BCUT2D eigenvalue weighted by atomic mass is 32.2. The predicted molar refractivity (Wildman–Crippen MR) is 107 cm³/mol. The SMILES string of the molecule is O[C@H](CSc1nnc(N2CCCCC2)n1C[C@H]1CCCO1)c1ccccc1. The van der Waals surface area contributed by atoms with Crippen LogP contribution in [-0.2, 0) is 11.3 Å². The van der Waals surface area contributed by atoms with Gasteiger partial charge in [-0.2, -0.15) is 0 Å². The second kappa shape index (κ2) is 9.08. The van der Waals surface area contributed by atoms with Gasteiger partial charge in [-0.25, -0.2) is 0 Å². The fraction of sp³-hybridized carbons (Fsp3) is 0.600. The van der Waals surface area contributed by atoms with E-state index in [1.807, 2.05) is 30.3 Å². The molecule has 1 aromatic carbocycles. The molecule has 0 aliphatic carbocycles. The smallest absolute Gasteiger partial charge is 0.228 e. The monoisotopic (exact) mass is 388 g/mol. The van der Waals surface area contributed by atoms with E-state index in [4.69, 9.17) is 4.74 Å². The summed E-state index contributed by atoms with van der Waals surface area (Å²) in [6, 6.07) is 9.80. The van der Waals surface area contributed by atoms with Gasteiger partial charge < -0.3 is 14.7 Å². The van der Waals surface area contributed by atoms with Crippen LogP contribution >= 0.6 is 11.8 Å². The van der Waals surface area contributed by atoms with Crippen LogP contribution in [0.5, 0.6) is 0 Å². The van der Waals surface area contributed by atoms with E-state index in [0.29, 0.717) is 5.75 Å². The average Bonchev–Trinajstić information content (AvgIpc) is 3.38. The maximum absolute atomic E-state index is 10.5. The van der Waals surface area contributed by atoms with E-state index < -0.39 is 6.10 Å². The van der Waals surface area contributed by atoms with Crippen LogP contribution in [0.3, 0.4) is 0 Å². The lowest BCUT2D eigenvalue weighted by molar-refractivity contribution is 0.0951. The van der Waals surface area contributed by atoms with Gasteiger partial charge in [0.2, 0.25) is 5.95 Å². The maximum Gasteiger partial charge on any atom is 0.228 e. The van der Waals surface area contributed by atoms with Gasteiger partial charge in [0, 0.05) is 25.4 Å². The Morgan fingerprint density at radius 2 is 1.93 bits per heavy atom. The van der Waals surface area contributed by atoms with Gasteiger partial charge in [-0.3, -0.25) is 4.57 Å². The van der Waals surface area contributed by atoms with E-state index in [2.05, 4.69) is 19.7 Å². The normalized spacial score (nSPS) is 21.5. The van der Waals surface area contributed by atoms with Crippen LogP contribution in [0.2, 0.25) is 0 Å². The summed E-state index contributed by atoms with van der Waals surface area (Å²) in [4.78, 5) is 2.35. The lowest BCUT2D eigenvalue weighted by atomic mass is 10.1. The number of benzene rings is 1. The predicted octanol–water partition coefficient (Wildman–Crippen LogP) is 3.27. The van der Waals surface area contributed by atoms with E-state index in [1.165, 1.54) is 19.3 Å². The van der Waals surface area contributed by atoms with Gasteiger partial charge in [0.05, 0.1) is 18.8 Å². The zero-order chi connectivity index (χ0) is 18.5. The number of piperidine rings is 1. The molecule has 2 atom stereocenters. The summed E-state index contributed by atoms with van der Waals surface area (Å²) >= 11 is 1.58. The third-order valence-corrected chi connectivity index (χ3v) is 6.34. The Labute approximate surface area is 164 Å². The molecule has 27 heavy (non-hydrogen) atoms. The van der Waals surface area contributed by atoms with Crippen molar-refractivity contribution in [2.75, 3.05) is 30.3 Å². The highest BCUT2D eigenvalue weighted by Gasteiger charge is 2.25. The van der Waals surface area contributed by atoms with Crippen molar-refractivity contribution >= 4 is 17.7 Å². The van der Waals surface area contributed by atoms with E-state index in [1.54, 1.807) is 11.8 Å². The Morgan fingerprint density at radius 1 is 1.11 bits per heavy atom. The van der Waals surface area contributed by atoms with Crippen LogP contribution in [0.1, 0.15) is 43.8 Å². The second-order valence-corrected chi connectivity index (χ2v) is 8.30. The lowest BCUT2D eigenvalue weighted by Crippen LogP contribution is -2.33. The van der Waals surface area contributed by atoms with Crippen LogP contribution in [0.4, 0.5) is 5.95 Å². The van der Waals surface area contributed by atoms with Crippen LogP contribution in [0.15, 0.2) is 35.5 Å². The molecule has 2 aliphatic heterocycles. The number of aromatic nitrogens is 3. The molecule has 1 N–H and O–H groups in total. The van der Waals surface area contributed by atoms with Crippen molar-refractivity contribution in [3.05, 3.63) is 35.9 Å². The summed E-state index contributed by atoms with van der Waals surface area (Å²) in [7, 11) is 0. The molecule has 146 valence electrons. The number of ether oxygens (including phenoxy) is 1. The van der Waals surface area contributed by atoms with Gasteiger partial charge in [0.25, 0.3) is 0 Å². The molecule has 6 nitrogen and oxygen atoms in total. The quantitative estimate of drug-likeness (QED) is 0.735. The molecule has 0 saturated carbocycles. The standard InChI is InChI=1S/C20H28N4O2S/c25-18(16-8-3-1-4-9-16)15-27-20-22-21-19(23-11-5-2-6-12-23)24(20)14-17-10-7-13-26-17/h1,3-4,8-9,17-18,25H,2,5-7,10-15H2/t17-,18-/m1/s1. The minimum atomic E-state index is -0.512. The van der Waals surface area contributed by atoms with Crippen molar-refractivity contribution < 1.29 is 9.84 Å². The molecule has 3 heterocycles. The number of nitrogens with zero attached hydrogens (tertiary/aromatic N) is 4. The number of aliphatic hydroxyl groups is 1. The Bertz CT molecular complexity index is 712. The molecular weight excluding hydrogens is 360 g/mol. The maximum atomic E-state index is 10.5. The van der Waals surface area contributed by atoms with Crippen molar-refractivity contribution in [3.8, 4) is 0 Å². The number of anilines is 1. The van der Waals surface area contributed by atoms with E-state index >= 15 is 0 Å². The number of aliphatic hydroxyl groups excluding tert-OH is 1. The zero-order valence-electron chi connectivity index (χ0n) is 15.7. The Morgan fingerprint density at radius 3 is 2.67 bits per heavy atom. The first-order valence-corrected chi connectivity index (χ1v) is 11.0. The van der Waals surface area contributed by atoms with Crippen molar-refractivity contribution in [2.24, 2.45) is 0 Å². The lowest BCUT2D eigenvalue weighted by Gasteiger charge is -2.28. The number of hydrogen-bond acceptors (Lipinski definition) is 6. The topological polar surface area (TPSA) is 63.4 Å². The van der Waals surface area contributed by atoms with Crippen molar-refractivity contribution in [2.45, 2.75) is 56.0 Å². The minimum Gasteiger partial charge on any atom is -0.388 e. The summed E-state index contributed by atoms with van der Waals surface area (Å²) in [5.41, 5.74) is 0.937. The van der Waals surface area contributed by atoms with Gasteiger partial charge >= 0.3 is 0 Å². The summed E-state index contributed by atoms with van der Waals surface area (Å²) in [5.74, 6) is 1.52. The highest BCUT2D eigenvalue weighted by Crippen LogP contribution is 2.29. The van der Waals surface area contributed by atoms with Crippen molar-refractivity contribution in [1.29, 1.82) is 0 Å². The molecule has 0 unspecified atom stereocenters. The van der Waals surface area contributed by atoms with Gasteiger partial charge in [-0.1, -0.05) is 42.1 Å². The molecule has 0 amide bonds. The average molecular weight is 389 g/mol. The fourth-order valence-corrected chi connectivity index (χ4v) is 4.70. The van der Waals surface area contributed by atoms with Crippen molar-refractivity contribution in [1.82, 2.24) is 14.8 Å². The van der Waals surface area contributed by atoms with Gasteiger partial charge in [0.15, 0.2) is 5.16 Å². The van der Waals surface area contributed by atoms with Crippen LogP contribution in [-0.4, -0.2) is 51.4 Å². The number of rotatable bonds is 7. The van der Waals surface area contributed by atoms with Gasteiger partial charge in [-0.15, -0.1) is 10.2 Å². The number of hydrogen-bond donors (Lipinski definition) is 1. The van der Waals surface area contributed by atoms with Crippen LogP contribution in [0, 0.1) is 0 Å². The van der Waals surface area contributed by atoms with Gasteiger partial charge in [0.1, 0.15) is 0 Å². The van der Waals surface area contributed by atoms with E-state index in [9.17, 15) is 5.11 Å². The Hall–Kier alpha value is -1.57. The third-order valence-electron chi connectivity index (χ3n) is 5.30. The first-order chi connectivity index (χ1) is 13.3. The highest BCUT2D eigenvalue weighted by molar-refractivity contribution is 7.99. The van der Waals surface area contributed by atoms with Crippen LogP contribution in [0.25, 0.3) is 0 Å².